The molecule has 4 nitrogen and oxygen atoms in total. The van der Waals surface area contributed by atoms with Crippen molar-refractivity contribution in [1.82, 2.24) is 0 Å². The number of anilines is 4. The van der Waals surface area contributed by atoms with Gasteiger partial charge in [-0.15, -0.1) is 0 Å². The van der Waals surface area contributed by atoms with Crippen LogP contribution in [0.5, 0.6) is 0 Å². The lowest BCUT2D eigenvalue weighted by molar-refractivity contribution is 1.21. The molecule has 0 unspecified atom stereocenters. The minimum Gasteiger partial charge on any atom is -0.346 e. The molecule has 0 heterocycles. The molecule has 0 saturated carbocycles. The highest BCUT2D eigenvalue weighted by Crippen LogP contribution is 2.26. The van der Waals surface area contributed by atoms with Gasteiger partial charge >= 0.3 is 0 Å². The number of para-hydroxylation sites is 2. The molecule has 156 valence electrons. The first-order valence-electron chi connectivity index (χ1n) is 10.2. The summed E-state index contributed by atoms with van der Waals surface area (Å²) in [6.07, 6.45) is 0. The second-order valence-electron chi connectivity index (χ2n) is 7.08. The Balaban J connectivity index is 0.000000181. The molecule has 0 radical (unpaired) electrons. The summed E-state index contributed by atoms with van der Waals surface area (Å²) in [4.78, 5) is 7.58. The monoisotopic (exact) mass is 416 g/mol. The van der Waals surface area contributed by atoms with E-state index in [2.05, 4.69) is 32.8 Å². The van der Waals surface area contributed by atoms with Crippen LogP contribution in [-0.4, -0.2) is 14.1 Å². The summed E-state index contributed by atoms with van der Waals surface area (Å²) < 4.78 is 0. The van der Waals surface area contributed by atoms with Crippen molar-refractivity contribution < 1.29 is 0 Å². The molecule has 0 aromatic heterocycles. The van der Waals surface area contributed by atoms with Crippen molar-refractivity contribution in [3.05, 3.63) is 126 Å². The summed E-state index contributed by atoms with van der Waals surface area (Å²) in [5, 5.41) is 8.72. The molecule has 0 aliphatic heterocycles. The fourth-order valence-corrected chi connectivity index (χ4v) is 3.13. The van der Waals surface area contributed by atoms with E-state index in [-0.39, 0.29) is 0 Å². The average Bonchev–Trinajstić information content (AvgIpc) is 2.89. The third-order valence-electron chi connectivity index (χ3n) is 5.02. The third kappa shape index (κ3) is 5.75. The topological polar surface area (TPSA) is 34.6 Å². The molecule has 0 spiro atoms. The number of hydrogen-bond donors (Lipinski definition) is 0. The SMILES string of the molecule is CN(c1ccccc1)c1ccc(C#N)cc1.[C-]#[N+]c1cccc(N(C)c2ccccc2)c1. The van der Waals surface area contributed by atoms with Crippen molar-refractivity contribution in [1.29, 1.82) is 5.26 Å². The lowest BCUT2D eigenvalue weighted by atomic mass is 10.2. The van der Waals surface area contributed by atoms with Gasteiger partial charge in [-0.25, -0.2) is 4.85 Å². The molecular formula is C28H24N4. The summed E-state index contributed by atoms with van der Waals surface area (Å²) in [7, 11) is 4.01. The maximum absolute atomic E-state index is 8.72. The highest BCUT2D eigenvalue weighted by Gasteiger charge is 2.04. The molecule has 4 aromatic carbocycles. The van der Waals surface area contributed by atoms with Gasteiger partial charge in [0, 0.05) is 36.8 Å². The van der Waals surface area contributed by atoms with E-state index in [4.69, 9.17) is 11.8 Å². The van der Waals surface area contributed by atoms with Crippen LogP contribution < -0.4 is 9.80 Å². The van der Waals surface area contributed by atoms with E-state index in [1.54, 1.807) is 0 Å². The minimum absolute atomic E-state index is 0.667. The van der Waals surface area contributed by atoms with Crippen molar-refractivity contribution in [3.63, 3.8) is 0 Å². The Hall–Kier alpha value is -4.54. The van der Waals surface area contributed by atoms with Crippen molar-refractivity contribution in [2.45, 2.75) is 0 Å². The van der Waals surface area contributed by atoms with Gasteiger partial charge in [-0.05, 0) is 60.7 Å². The Labute approximate surface area is 190 Å². The van der Waals surface area contributed by atoms with Crippen LogP contribution in [0.3, 0.4) is 0 Å². The maximum Gasteiger partial charge on any atom is 0.189 e. The van der Waals surface area contributed by atoms with E-state index >= 15 is 0 Å². The van der Waals surface area contributed by atoms with Gasteiger partial charge in [0.1, 0.15) is 0 Å². The van der Waals surface area contributed by atoms with E-state index in [9.17, 15) is 0 Å². The predicted octanol–water partition coefficient (Wildman–Crippen LogP) is 7.33. The summed E-state index contributed by atoms with van der Waals surface area (Å²) in [6.45, 7) is 6.99. The van der Waals surface area contributed by atoms with Crippen LogP contribution in [0.15, 0.2) is 109 Å². The van der Waals surface area contributed by atoms with Crippen molar-refractivity contribution in [2.24, 2.45) is 0 Å². The van der Waals surface area contributed by atoms with Crippen LogP contribution in [-0.2, 0) is 0 Å². The molecule has 0 aliphatic rings. The normalized spacial score (nSPS) is 9.50. The summed E-state index contributed by atoms with van der Waals surface area (Å²) >= 11 is 0. The first-order chi connectivity index (χ1) is 15.6. The molecule has 0 fully saturated rings. The predicted molar refractivity (Wildman–Crippen MR) is 133 cm³/mol. The lowest BCUT2D eigenvalue weighted by Gasteiger charge is -2.19. The zero-order valence-electron chi connectivity index (χ0n) is 18.2. The van der Waals surface area contributed by atoms with Crippen LogP contribution in [0.4, 0.5) is 28.4 Å². The van der Waals surface area contributed by atoms with Gasteiger partial charge in [0.15, 0.2) is 5.69 Å². The number of nitriles is 1. The van der Waals surface area contributed by atoms with Crippen LogP contribution in [0.1, 0.15) is 5.56 Å². The van der Waals surface area contributed by atoms with Crippen LogP contribution >= 0.6 is 0 Å². The number of rotatable bonds is 4. The van der Waals surface area contributed by atoms with E-state index < -0.39 is 0 Å². The van der Waals surface area contributed by atoms with Gasteiger partial charge in [-0.3, -0.25) is 0 Å². The Morgan fingerprint density at radius 2 is 1.09 bits per heavy atom. The Morgan fingerprint density at radius 1 is 0.625 bits per heavy atom. The third-order valence-corrected chi connectivity index (χ3v) is 5.02. The highest BCUT2D eigenvalue weighted by atomic mass is 15.1. The first kappa shape index (κ1) is 22.2. The average molecular weight is 417 g/mol. The van der Waals surface area contributed by atoms with E-state index in [0.717, 1.165) is 22.7 Å². The number of hydrogen-bond acceptors (Lipinski definition) is 3. The zero-order chi connectivity index (χ0) is 22.8. The molecule has 0 atom stereocenters. The Morgan fingerprint density at radius 3 is 1.59 bits per heavy atom. The number of nitrogens with zero attached hydrogens (tertiary/aromatic N) is 4. The quantitative estimate of drug-likeness (QED) is 0.327. The fourth-order valence-electron chi connectivity index (χ4n) is 3.13. The smallest absolute Gasteiger partial charge is 0.189 e. The Kier molecular flexibility index (Phi) is 7.63. The molecule has 4 heteroatoms. The summed E-state index contributed by atoms with van der Waals surface area (Å²) in [5.74, 6) is 0. The van der Waals surface area contributed by atoms with E-state index in [1.165, 1.54) is 0 Å². The van der Waals surface area contributed by atoms with Gasteiger partial charge in [0.2, 0.25) is 0 Å². The van der Waals surface area contributed by atoms with Gasteiger partial charge in [-0.1, -0.05) is 48.5 Å². The lowest BCUT2D eigenvalue weighted by Crippen LogP contribution is -2.08. The van der Waals surface area contributed by atoms with Crippen molar-refractivity contribution >= 4 is 28.4 Å². The van der Waals surface area contributed by atoms with Crippen LogP contribution in [0.25, 0.3) is 4.85 Å². The highest BCUT2D eigenvalue weighted by molar-refractivity contribution is 5.67. The Bertz CT molecular complexity index is 1200. The second-order valence-corrected chi connectivity index (χ2v) is 7.08. The molecule has 4 aromatic rings. The van der Waals surface area contributed by atoms with Gasteiger partial charge in [0.25, 0.3) is 0 Å². The van der Waals surface area contributed by atoms with Crippen molar-refractivity contribution in [2.75, 3.05) is 23.9 Å². The van der Waals surface area contributed by atoms with Crippen molar-refractivity contribution in [3.8, 4) is 6.07 Å². The standard InChI is InChI=1S/2C14H12N2/c1-15-12-7-6-10-14(11-12)16(2)13-8-4-3-5-9-13;1-16(13-5-3-2-4-6-13)14-9-7-12(11-15)8-10-14/h3-11H,2H3;2-10H,1H3. The van der Waals surface area contributed by atoms with Gasteiger partial charge in [-0.2, -0.15) is 5.26 Å². The van der Waals surface area contributed by atoms with Gasteiger partial charge in [0.05, 0.1) is 18.2 Å². The van der Waals surface area contributed by atoms with Crippen LogP contribution in [0.2, 0.25) is 0 Å². The molecule has 0 amide bonds. The largest absolute Gasteiger partial charge is 0.346 e. The summed E-state index contributed by atoms with van der Waals surface area (Å²) in [6, 6.07) is 37.5. The molecule has 0 bridgehead atoms. The number of benzene rings is 4. The molecule has 0 aliphatic carbocycles. The maximum atomic E-state index is 8.72. The summed E-state index contributed by atoms with van der Waals surface area (Å²) in [5.41, 5.74) is 5.70. The molecule has 32 heavy (non-hydrogen) atoms. The molecule has 0 N–H and O–H groups in total. The minimum atomic E-state index is 0.667. The zero-order valence-corrected chi connectivity index (χ0v) is 18.2. The van der Waals surface area contributed by atoms with Gasteiger partial charge < -0.3 is 9.80 Å². The van der Waals surface area contributed by atoms with Crippen LogP contribution in [0, 0.1) is 17.9 Å². The first-order valence-corrected chi connectivity index (χ1v) is 10.2. The molecule has 4 rings (SSSR count). The van der Waals surface area contributed by atoms with E-state index in [0.29, 0.717) is 11.3 Å². The van der Waals surface area contributed by atoms with E-state index in [1.807, 2.05) is 111 Å². The second kappa shape index (κ2) is 11.0. The fraction of sp³-hybridized carbons (Fsp3) is 0.0714. The molecular weight excluding hydrogens is 392 g/mol. The molecule has 0 saturated heterocycles.